The number of rotatable bonds is 2. The molecule has 3 amide bonds. The van der Waals surface area contributed by atoms with Crippen LogP contribution in [0.1, 0.15) is 11.1 Å². The van der Waals surface area contributed by atoms with E-state index in [0.717, 1.165) is 22.5 Å². The molecule has 3 N–H and O–H groups in total. The van der Waals surface area contributed by atoms with Crippen LogP contribution in [0.15, 0.2) is 42.5 Å². The lowest BCUT2D eigenvalue weighted by molar-refractivity contribution is -0.115. The number of benzene rings is 2. The molecule has 1 aliphatic rings. The van der Waals surface area contributed by atoms with E-state index in [-0.39, 0.29) is 11.9 Å². The zero-order chi connectivity index (χ0) is 14.8. The van der Waals surface area contributed by atoms with Gasteiger partial charge in [0.15, 0.2) is 0 Å². The summed E-state index contributed by atoms with van der Waals surface area (Å²) >= 11 is 0. The second-order valence-electron chi connectivity index (χ2n) is 5.04. The van der Waals surface area contributed by atoms with E-state index in [1.807, 2.05) is 37.3 Å². The smallest absolute Gasteiger partial charge is 0.323 e. The fraction of sp³-hybridized carbons (Fsp3) is 0.125. The Kier molecular flexibility index (Phi) is 3.31. The van der Waals surface area contributed by atoms with Gasteiger partial charge in [0.1, 0.15) is 0 Å². The number of nitrogens with one attached hydrogen (secondary N) is 3. The lowest BCUT2D eigenvalue weighted by atomic mass is 10.1. The Bertz CT molecular complexity index is 708. The van der Waals surface area contributed by atoms with Crippen molar-refractivity contribution in [2.75, 3.05) is 16.0 Å². The van der Waals surface area contributed by atoms with Crippen LogP contribution in [0.25, 0.3) is 0 Å². The van der Waals surface area contributed by atoms with Gasteiger partial charge in [-0.3, -0.25) is 4.79 Å². The van der Waals surface area contributed by atoms with Crippen molar-refractivity contribution in [2.45, 2.75) is 13.3 Å². The molecule has 0 spiro atoms. The van der Waals surface area contributed by atoms with E-state index in [9.17, 15) is 9.59 Å². The van der Waals surface area contributed by atoms with Crippen molar-refractivity contribution in [2.24, 2.45) is 0 Å². The van der Waals surface area contributed by atoms with Gasteiger partial charge in [-0.1, -0.05) is 23.8 Å². The molecule has 5 nitrogen and oxygen atoms in total. The van der Waals surface area contributed by atoms with Crippen LogP contribution in [0, 0.1) is 6.92 Å². The van der Waals surface area contributed by atoms with E-state index in [0.29, 0.717) is 12.1 Å². The van der Waals surface area contributed by atoms with Gasteiger partial charge in [0, 0.05) is 17.1 Å². The van der Waals surface area contributed by atoms with E-state index < -0.39 is 0 Å². The van der Waals surface area contributed by atoms with Gasteiger partial charge >= 0.3 is 6.03 Å². The molecule has 1 aliphatic heterocycles. The normalized spacial score (nSPS) is 12.5. The summed E-state index contributed by atoms with van der Waals surface area (Å²) < 4.78 is 0. The van der Waals surface area contributed by atoms with Gasteiger partial charge in [0.05, 0.1) is 6.42 Å². The number of anilines is 3. The van der Waals surface area contributed by atoms with Crippen molar-refractivity contribution in [3.63, 3.8) is 0 Å². The lowest BCUT2D eigenvalue weighted by Crippen LogP contribution is -2.19. The Morgan fingerprint density at radius 1 is 1.05 bits per heavy atom. The van der Waals surface area contributed by atoms with Crippen LogP contribution in [0.2, 0.25) is 0 Å². The van der Waals surface area contributed by atoms with Crippen LogP contribution in [-0.4, -0.2) is 11.9 Å². The van der Waals surface area contributed by atoms with Crippen LogP contribution in [-0.2, 0) is 11.2 Å². The molecule has 0 aliphatic carbocycles. The molecule has 0 fully saturated rings. The molecule has 0 atom stereocenters. The van der Waals surface area contributed by atoms with Crippen molar-refractivity contribution < 1.29 is 9.59 Å². The summed E-state index contributed by atoms with van der Waals surface area (Å²) in [6.07, 6.45) is 0.394. The second-order valence-corrected chi connectivity index (χ2v) is 5.04. The fourth-order valence-electron chi connectivity index (χ4n) is 2.22. The highest BCUT2D eigenvalue weighted by molar-refractivity contribution is 6.02. The summed E-state index contributed by atoms with van der Waals surface area (Å²) in [5, 5.41) is 8.26. The molecule has 0 saturated carbocycles. The predicted molar refractivity (Wildman–Crippen MR) is 82.6 cm³/mol. The van der Waals surface area contributed by atoms with E-state index in [1.54, 1.807) is 12.1 Å². The van der Waals surface area contributed by atoms with Crippen LogP contribution >= 0.6 is 0 Å². The van der Waals surface area contributed by atoms with Gasteiger partial charge in [-0.25, -0.2) is 4.79 Å². The first kappa shape index (κ1) is 13.2. The summed E-state index contributed by atoms with van der Waals surface area (Å²) in [5.41, 5.74) is 4.21. The lowest BCUT2D eigenvalue weighted by Gasteiger charge is -2.09. The van der Waals surface area contributed by atoms with Crippen LogP contribution in [0.4, 0.5) is 21.9 Å². The molecule has 1 heterocycles. The Balaban J connectivity index is 1.66. The van der Waals surface area contributed by atoms with Gasteiger partial charge in [0.25, 0.3) is 0 Å². The molecule has 21 heavy (non-hydrogen) atoms. The molecule has 0 radical (unpaired) electrons. The number of carbonyl (C=O) groups is 2. The predicted octanol–water partition coefficient (Wildman–Crippen LogP) is 3.13. The summed E-state index contributed by atoms with van der Waals surface area (Å²) in [6.45, 7) is 1.99. The molecular formula is C16H15N3O2. The standard InChI is InChI=1S/C16H15N3O2/c1-10-2-5-12(6-3-10)17-16(21)18-13-7-4-11-8-15(20)19-14(11)9-13/h2-7,9H,8H2,1H3,(H,19,20)(H2,17,18,21). The van der Waals surface area contributed by atoms with Gasteiger partial charge in [0.2, 0.25) is 5.91 Å². The minimum atomic E-state index is -0.317. The highest BCUT2D eigenvalue weighted by atomic mass is 16.2. The van der Waals surface area contributed by atoms with Gasteiger partial charge in [-0.05, 0) is 36.8 Å². The molecule has 0 aromatic heterocycles. The number of hydrogen-bond acceptors (Lipinski definition) is 2. The Morgan fingerprint density at radius 2 is 1.71 bits per heavy atom. The summed E-state index contributed by atoms with van der Waals surface area (Å²) in [5.74, 6) is -0.0220. The van der Waals surface area contributed by atoms with Crippen LogP contribution in [0.5, 0.6) is 0 Å². The Labute approximate surface area is 122 Å². The van der Waals surface area contributed by atoms with E-state index in [1.165, 1.54) is 0 Å². The maximum Gasteiger partial charge on any atom is 0.323 e. The van der Waals surface area contributed by atoms with Gasteiger partial charge < -0.3 is 16.0 Å². The molecule has 0 unspecified atom stereocenters. The molecule has 2 aromatic carbocycles. The van der Waals surface area contributed by atoms with Crippen molar-refractivity contribution in [3.05, 3.63) is 53.6 Å². The molecular weight excluding hydrogens is 266 g/mol. The second kappa shape index (κ2) is 5.28. The third-order valence-corrected chi connectivity index (χ3v) is 3.30. The summed E-state index contributed by atoms with van der Waals surface area (Å²) in [7, 11) is 0. The maximum atomic E-state index is 11.9. The van der Waals surface area contributed by atoms with E-state index in [4.69, 9.17) is 0 Å². The minimum absolute atomic E-state index is 0.0220. The highest BCUT2D eigenvalue weighted by Crippen LogP contribution is 2.26. The quantitative estimate of drug-likeness (QED) is 0.791. The molecule has 3 rings (SSSR count). The van der Waals surface area contributed by atoms with Gasteiger partial charge in [-0.2, -0.15) is 0 Å². The Hall–Kier alpha value is -2.82. The SMILES string of the molecule is Cc1ccc(NC(=O)Nc2ccc3c(c2)NC(=O)C3)cc1. The molecule has 0 saturated heterocycles. The topological polar surface area (TPSA) is 70.2 Å². The summed E-state index contributed by atoms with van der Waals surface area (Å²) in [6, 6.07) is 12.6. The van der Waals surface area contributed by atoms with Crippen molar-refractivity contribution >= 4 is 29.0 Å². The van der Waals surface area contributed by atoms with Crippen molar-refractivity contribution in [3.8, 4) is 0 Å². The third-order valence-electron chi connectivity index (χ3n) is 3.30. The molecule has 5 heteroatoms. The number of fused-ring (bicyclic) bond motifs is 1. The Morgan fingerprint density at radius 3 is 2.48 bits per heavy atom. The zero-order valence-corrected chi connectivity index (χ0v) is 11.6. The van der Waals surface area contributed by atoms with E-state index >= 15 is 0 Å². The van der Waals surface area contributed by atoms with Crippen LogP contribution in [0.3, 0.4) is 0 Å². The number of aryl methyl sites for hydroxylation is 1. The monoisotopic (exact) mass is 281 g/mol. The number of hydrogen-bond donors (Lipinski definition) is 3. The first-order valence-electron chi connectivity index (χ1n) is 6.67. The minimum Gasteiger partial charge on any atom is -0.325 e. The fourth-order valence-corrected chi connectivity index (χ4v) is 2.22. The number of amides is 3. The molecule has 2 aromatic rings. The highest BCUT2D eigenvalue weighted by Gasteiger charge is 2.17. The average Bonchev–Trinajstić information content (AvgIpc) is 2.80. The largest absolute Gasteiger partial charge is 0.325 e. The molecule has 0 bridgehead atoms. The summed E-state index contributed by atoms with van der Waals surface area (Å²) in [4.78, 5) is 23.2. The average molecular weight is 281 g/mol. The zero-order valence-electron chi connectivity index (χ0n) is 11.6. The molecule has 106 valence electrons. The number of carbonyl (C=O) groups excluding carboxylic acids is 2. The maximum absolute atomic E-state index is 11.9. The third kappa shape index (κ3) is 3.02. The van der Waals surface area contributed by atoms with Crippen molar-refractivity contribution in [1.29, 1.82) is 0 Å². The van der Waals surface area contributed by atoms with Gasteiger partial charge in [-0.15, -0.1) is 0 Å². The number of urea groups is 1. The van der Waals surface area contributed by atoms with Crippen LogP contribution < -0.4 is 16.0 Å². The van der Waals surface area contributed by atoms with Crippen molar-refractivity contribution in [1.82, 2.24) is 0 Å². The first-order valence-corrected chi connectivity index (χ1v) is 6.67. The first-order chi connectivity index (χ1) is 10.1. The van der Waals surface area contributed by atoms with E-state index in [2.05, 4.69) is 16.0 Å².